The van der Waals surface area contributed by atoms with Gasteiger partial charge in [-0.25, -0.2) is 0 Å². The van der Waals surface area contributed by atoms with Crippen LogP contribution in [0.5, 0.6) is 0 Å². The summed E-state index contributed by atoms with van der Waals surface area (Å²) in [6.07, 6.45) is 0.943. The van der Waals surface area contributed by atoms with Crippen molar-refractivity contribution in [1.29, 1.82) is 0 Å². The molecule has 2 rings (SSSR count). The number of hydrogen-bond acceptors (Lipinski definition) is 3. The predicted octanol–water partition coefficient (Wildman–Crippen LogP) is -0.0589. The first kappa shape index (κ1) is 6.82. The van der Waals surface area contributed by atoms with Crippen LogP contribution in [-0.4, -0.2) is 16.8 Å². The minimum Gasteiger partial charge on any atom is -0.375 e. The standard InChI is InChI=1S/C7H11N3O/c8-3-6-5-1-2-11-4-7(5)10-9-6/h1-4,8H2,(H,9,10). The first-order valence-electron chi connectivity index (χ1n) is 3.74. The highest BCUT2D eigenvalue weighted by atomic mass is 16.5. The molecule has 1 aliphatic heterocycles. The SMILES string of the molecule is NCc1n[nH]c2c1CCOC2. The lowest BCUT2D eigenvalue weighted by Crippen LogP contribution is -2.11. The maximum absolute atomic E-state index is 5.50. The zero-order chi connectivity index (χ0) is 7.68. The summed E-state index contributed by atoms with van der Waals surface area (Å²) in [5, 5.41) is 7.01. The van der Waals surface area contributed by atoms with Crippen molar-refractivity contribution in [3.63, 3.8) is 0 Å². The Morgan fingerprint density at radius 2 is 2.55 bits per heavy atom. The molecule has 0 amide bonds. The fraction of sp³-hybridized carbons (Fsp3) is 0.571. The number of nitrogens with two attached hydrogens (primary N) is 1. The number of fused-ring (bicyclic) bond motifs is 1. The number of nitrogens with one attached hydrogen (secondary N) is 1. The van der Waals surface area contributed by atoms with Gasteiger partial charge in [0.15, 0.2) is 0 Å². The second-order valence-electron chi connectivity index (χ2n) is 2.63. The van der Waals surface area contributed by atoms with Gasteiger partial charge in [0.05, 0.1) is 24.6 Å². The van der Waals surface area contributed by atoms with Gasteiger partial charge in [-0.2, -0.15) is 5.10 Å². The van der Waals surface area contributed by atoms with Crippen LogP contribution >= 0.6 is 0 Å². The Labute approximate surface area is 64.7 Å². The van der Waals surface area contributed by atoms with Crippen molar-refractivity contribution in [2.24, 2.45) is 5.73 Å². The summed E-state index contributed by atoms with van der Waals surface area (Å²) in [6.45, 7) is 1.97. The second kappa shape index (κ2) is 2.64. The molecule has 0 fully saturated rings. The molecule has 0 aromatic carbocycles. The van der Waals surface area contributed by atoms with Crippen LogP contribution in [0.3, 0.4) is 0 Å². The van der Waals surface area contributed by atoms with E-state index in [2.05, 4.69) is 10.2 Å². The molecule has 0 unspecified atom stereocenters. The Morgan fingerprint density at radius 3 is 3.36 bits per heavy atom. The van der Waals surface area contributed by atoms with Crippen molar-refractivity contribution < 1.29 is 4.74 Å². The molecular formula is C7H11N3O. The van der Waals surface area contributed by atoms with E-state index in [-0.39, 0.29) is 0 Å². The third-order valence-corrected chi connectivity index (χ3v) is 1.97. The number of ether oxygens (including phenoxy) is 1. The molecule has 11 heavy (non-hydrogen) atoms. The third kappa shape index (κ3) is 1.04. The summed E-state index contributed by atoms with van der Waals surface area (Å²) in [6, 6.07) is 0. The van der Waals surface area contributed by atoms with Crippen LogP contribution in [-0.2, 0) is 24.3 Å². The molecule has 0 saturated carbocycles. The zero-order valence-electron chi connectivity index (χ0n) is 6.26. The lowest BCUT2D eigenvalue weighted by Gasteiger charge is -2.11. The molecule has 0 aliphatic carbocycles. The van der Waals surface area contributed by atoms with Gasteiger partial charge in [-0.1, -0.05) is 0 Å². The highest BCUT2D eigenvalue weighted by Crippen LogP contribution is 2.16. The minimum absolute atomic E-state index is 0.520. The van der Waals surface area contributed by atoms with E-state index < -0.39 is 0 Å². The van der Waals surface area contributed by atoms with Crippen LogP contribution in [0.2, 0.25) is 0 Å². The molecule has 0 radical (unpaired) electrons. The summed E-state index contributed by atoms with van der Waals surface area (Å²) in [7, 11) is 0. The highest BCUT2D eigenvalue weighted by molar-refractivity contribution is 5.26. The van der Waals surface area contributed by atoms with Crippen LogP contribution in [0, 0.1) is 0 Å². The quantitative estimate of drug-likeness (QED) is 0.594. The van der Waals surface area contributed by atoms with E-state index in [0.29, 0.717) is 13.2 Å². The van der Waals surface area contributed by atoms with Gasteiger partial charge in [0.2, 0.25) is 0 Å². The molecule has 60 valence electrons. The van der Waals surface area contributed by atoms with Gasteiger partial charge >= 0.3 is 0 Å². The van der Waals surface area contributed by atoms with E-state index in [1.54, 1.807) is 0 Å². The van der Waals surface area contributed by atoms with E-state index in [1.165, 1.54) is 5.56 Å². The number of aromatic amines is 1. The third-order valence-electron chi connectivity index (χ3n) is 1.97. The molecule has 1 aromatic rings. The Kier molecular flexibility index (Phi) is 1.63. The zero-order valence-corrected chi connectivity index (χ0v) is 6.26. The van der Waals surface area contributed by atoms with Crippen LogP contribution in [0.1, 0.15) is 17.0 Å². The monoisotopic (exact) mass is 153 g/mol. The highest BCUT2D eigenvalue weighted by Gasteiger charge is 2.15. The number of H-pyrrole nitrogens is 1. The molecule has 1 aromatic heterocycles. The van der Waals surface area contributed by atoms with Gasteiger partial charge in [0.1, 0.15) is 0 Å². The van der Waals surface area contributed by atoms with Crippen LogP contribution in [0.25, 0.3) is 0 Å². The van der Waals surface area contributed by atoms with Gasteiger partial charge in [-0.3, -0.25) is 5.10 Å². The summed E-state index contributed by atoms with van der Waals surface area (Å²) in [5.41, 5.74) is 8.84. The molecule has 4 heteroatoms. The van der Waals surface area contributed by atoms with Crippen LogP contribution in [0.15, 0.2) is 0 Å². The Bertz CT molecular complexity index is 243. The van der Waals surface area contributed by atoms with E-state index in [1.807, 2.05) is 0 Å². The molecule has 0 spiro atoms. The minimum atomic E-state index is 0.520. The first-order valence-corrected chi connectivity index (χ1v) is 3.74. The lowest BCUT2D eigenvalue weighted by atomic mass is 10.1. The van der Waals surface area contributed by atoms with Gasteiger partial charge in [0, 0.05) is 12.1 Å². The van der Waals surface area contributed by atoms with Crippen molar-refractivity contribution in [2.45, 2.75) is 19.6 Å². The largest absolute Gasteiger partial charge is 0.375 e. The molecule has 2 heterocycles. The lowest BCUT2D eigenvalue weighted by molar-refractivity contribution is 0.108. The number of nitrogens with zero attached hydrogens (tertiary/aromatic N) is 1. The van der Waals surface area contributed by atoms with Gasteiger partial charge in [0.25, 0.3) is 0 Å². The van der Waals surface area contributed by atoms with Crippen molar-refractivity contribution in [2.75, 3.05) is 6.61 Å². The maximum atomic E-state index is 5.50. The molecule has 0 bridgehead atoms. The summed E-state index contributed by atoms with van der Waals surface area (Å²) >= 11 is 0. The topological polar surface area (TPSA) is 63.9 Å². The maximum Gasteiger partial charge on any atom is 0.0885 e. The van der Waals surface area contributed by atoms with Gasteiger partial charge in [-0.05, 0) is 6.42 Å². The Morgan fingerprint density at radius 1 is 1.64 bits per heavy atom. The molecule has 0 saturated heterocycles. The molecule has 0 atom stereocenters. The van der Waals surface area contributed by atoms with Crippen molar-refractivity contribution >= 4 is 0 Å². The van der Waals surface area contributed by atoms with Gasteiger partial charge in [-0.15, -0.1) is 0 Å². The fourth-order valence-corrected chi connectivity index (χ4v) is 1.38. The van der Waals surface area contributed by atoms with Crippen LogP contribution in [0.4, 0.5) is 0 Å². The van der Waals surface area contributed by atoms with Crippen LogP contribution < -0.4 is 5.73 Å². The van der Waals surface area contributed by atoms with Crippen molar-refractivity contribution in [3.8, 4) is 0 Å². The molecule has 4 nitrogen and oxygen atoms in total. The number of rotatable bonds is 1. The van der Waals surface area contributed by atoms with Crippen molar-refractivity contribution in [3.05, 3.63) is 17.0 Å². The summed E-state index contributed by atoms with van der Waals surface area (Å²) in [5.74, 6) is 0. The normalized spacial score (nSPS) is 16.5. The fourth-order valence-electron chi connectivity index (χ4n) is 1.38. The average molecular weight is 153 g/mol. The van der Waals surface area contributed by atoms with E-state index >= 15 is 0 Å². The van der Waals surface area contributed by atoms with E-state index in [0.717, 1.165) is 24.4 Å². The van der Waals surface area contributed by atoms with Crippen molar-refractivity contribution in [1.82, 2.24) is 10.2 Å². The van der Waals surface area contributed by atoms with E-state index in [9.17, 15) is 0 Å². The second-order valence-corrected chi connectivity index (χ2v) is 2.63. The van der Waals surface area contributed by atoms with E-state index in [4.69, 9.17) is 10.5 Å². The predicted molar refractivity (Wildman–Crippen MR) is 39.8 cm³/mol. The average Bonchev–Trinajstić information content (AvgIpc) is 2.47. The Balaban J connectivity index is 2.38. The summed E-state index contributed by atoms with van der Waals surface area (Å²) < 4.78 is 5.24. The number of hydrogen-bond donors (Lipinski definition) is 2. The molecule has 1 aliphatic rings. The first-order chi connectivity index (χ1) is 5.42. The van der Waals surface area contributed by atoms with Gasteiger partial charge < -0.3 is 10.5 Å². The molecular weight excluding hydrogens is 142 g/mol. The smallest absolute Gasteiger partial charge is 0.0885 e. The Hall–Kier alpha value is -0.870. The summed E-state index contributed by atoms with van der Waals surface area (Å²) in [4.78, 5) is 0. The number of aromatic nitrogens is 2. The molecule has 3 N–H and O–H groups in total.